The highest BCUT2D eigenvalue weighted by molar-refractivity contribution is 5.90. The minimum Gasteiger partial charge on any atom is -0.457 e. The third-order valence-corrected chi connectivity index (χ3v) is 4.52. The van der Waals surface area contributed by atoms with E-state index < -0.39 is 11.6 Å². The van der Waals surface area contributed by atoms with Crippen molar-refractivity contribution >= 4 is 17.5 Å². The molecule has 2 aromatic carbocycles. The molecule has 2 heterocycles. The fourth-order valence-electron chi connectivity index (χ4n) is 3.06. The molecule has 0 unspecified atom stereocenters. The first-order valence-corrected chi connectivity index (χ1v) is 9.03. The molecule has 31 heavy (non-hydrogen) atoms. The number of nitrogen functional groups attached to an aromatic ring is 1. The predicted molar refractivity (Wildman–Crippen MR) is 110 cm³/mol. The zero-order chi connectivity index (χ0) is 22.0. The summed E-state index contributed by atoms with van der Waals surface area (Å²) in [5.41, 5.74) is 6.98. The van der Waals surface area contributed by atoms with Crippen molar-refractivity contribution in [2.75, 3.05) is 5.73 Å². The first-order chi connectivity index (χ1) is 15.0. The van der Waals surface area contributed by atoms with E-state index in [0.717, 1.165) is 12.1 Å². The van der Waals surface area contributed by atoms with Crippen LogP contribution in [0.15, 0.2) is 65.1 Å². The van der Waals surface area contributed by atoms with Crippen LogP contribution in [0.1, 0.15) is 17.0 Å². The molecule has 8 heteroatoms. The number of furan rings is 1. The Morgan fingerprint density at radius 2 is 1.84 bits per heavy atom. The summed E-state index contributed by atoms with van der Waals surface area (Å²) in [5.74, 6) is -0.983. The highest BCUT2D eigenvalue weighted by atomic mass is 19.1. The van der Waals surface area contributed by atoms with E-state index in [0.29, 0.717) is 5.69 Å². The van der Waals surface area contributed by atoms with Crippen molar-refractivity contribution in [3.8, 4) is 29.1 Å². The number of halogens is 2. The molecule has 150 valence electrons. The summed E-state index contributed by atoms with van der Waals surface area (Å²) in [5, 5.41) is 23.6. The van der Waals surface area contributed by atoms with Crippen molar-refractivity contribution in [1.29, 1.82) is 10.5 Å². The Hall–Kier alpha value is -4.69. The van der Waals surface area contributed by atoms with Crippen molar-refractivity contribution in [2.24, 2.45) is 0 Å². The van der Waals surface area contributed by atoms with E-state index in [1.54, 1.807) is 24.3 Å². The molecule has 0 bridgehead atoms. The van der Waals surface area contributed by atoms with Gasteiger partial charge in [0.1, 0.15) is 52.4 Å². The second kappa shape index (κ2) is 7.97. The average molecular weight is 413 g/mol. The van der Waals surface area contributed by atoms with E-state index in [2.05, 4.69) is 5.10 Å². The van der Waals surface area contributed by atoms with Crippen LogP contribution in [0.5, 0.6) is 0 Å². The number of hydrogen-bond donors (Lipinski definition) is 1. The number of benzene rings is 2. The van der Waals surface area contributed by atoms with Crippen molar-refractivity contribution in [1.82, 2.24) is 9.78 Å². The number of nitrogens with two attached hydrogens (primary N) is 1. The summed E-state index contributed by atoms with van der Waals surface area (Å²) < 4.78 is 34.1. The first kappa shape index (κ1) is 19.6. The molecule has 0 radical (unpaired) electrons. The number of allylic oxidation sites excluding steroid dienone is 1. The van der Waals surface area contributed by atoms with E-state index >= 15 is 0 Å². The van der Waals surface area contributed by atoms with Crippen LogP contribution in [0.2, 0.25) is 0 Å². The summed E-state index contributed by atoms with van der Waals surface area (Å²) in [4.78, 5) is 0. The SMILES string of the molecule is N#C/C(=C\c1ccc(-c2ccc(F)cc2F)o1)c1nn(-c2ccccc2)c(N)c1C#N. The van der Waals surface area contributed by atoms with Crippen molar-refractivity contribution in [3.63, 3.8) is 0 Å². The fraction of sp³-hybridized carbons (Fsp3) is 0. The molecule has 2 N–H and O–H groups in total. The molecule has 0 saturated carbocycles. The molecule has 0 aliphatic rings. The van der Waals surface area contributed by atoms with Crippen LogP contribution >= 0.6 is 0 Å². The van der Waals surface area contributed by atoms with Gasteiger partial charge in [0, 0.05) is 12.1 Å². The van der Waals surface area contributed by atoms with E-state index in [1.165, 1.54) is 29.0 Å². The number of aromatic nitrogens is 2. The predicted octanol–water partition coefficient (Wildman–Crippen LogP) is 4.93. The standard InChI is InChI=1S/C23H13F2N5O/c24-15-6-8-18(20(25)11-15)21-9-7-17(31-21)10-14(12-26)22-19(13-27)23(28)30(29-22)16-4-2-1-3-5-16/h1-11H,28H2/b14-10+. The molecular formula is C23H13F2N5O. The van der Waals surface area contributed by atoms with Gasteiger partial charge >= 0.3 is 0 Å². The molecule has 0 fully saturated rings. The molecule has 0 aliphatic heterocycles. The van der Waals surface area contributed by atoms with Gasteiger partial charge in [-0.25, -0.2) is 13.5 Å². The molecule has 0 amide bonds. The van der Waals surface area contributed by atoms with Crippen LogP contribution in [0.4, 0.5) is 14.6 Å². The number of rotatable bonds is 4. The molecule has 0 spiro atoms. The minimum atomic E-state index is -0.772. The third kappa shape index (κ3) is 3.66. The molecule has 2 aromatic heterocycles. The molecule has 6 nitrogen and oxygen atoms in total. The van der Waals surface area contributed by atoms with E-state index in [1.807, 2.05) is 18.2 Å². The molecule has 0 saturated heterocycles. The second-order valence-electron chi connectivity index (χ2n) is 6.46. The maximum atomic E-state index is 14.0. The van der Waals surface area contributed by atoms with Crippen molar-refractivity contribution < 1.29 is 13.2 Å². The Morgan fingerprint density at radius 3 is 2.52 bits per heavy atom. The largest absolute Gasteiger partial charge is 0.457 e. The van der Waals surface area contributed by atoms with Gasteiger partial charge in [0.05, 0.1) is 16.8 Å². The van der Waals surface area contributed by atoms with Gasteiger partial charge in [0.25, 0.3) is 0 Å². The van der Waals surface area contributed by atoms with E-state index in [4.69, 9.17) is 10.2 Å². The summed E-state index contributed by atoms with van der Waals surface area (Å²) >= 11 is 0. The first-order valence-electron chi connectivity index (χ1n) is 9.03. The van der Waals surface area contributed by atoms with Crippen LogP contribution in [0.25, 0.3) is 28.7 Å². The lowest BCUT2D eigenvalue weighted by atomic mass is 10.1. The zero-order valence-electron chi connectivity index (χ0n) is 15.9. The van der Waals surface area contributed by atoms with E-state index in [9.17, 15) is 19.3 Å². The lowest BCUT2D eigenvalue weighted by molar-refractivity contribution is 0.554. The normalized spacial score (nSPS) is 11.2. The maximum Gasteiger partial charge on any atom is 0.145 e. The second-order valence-corrected chi connectivity index (χ2v) is 6.46. The number of nitrogens with zero attached hydrogens (tertiary/aromatic N) is 4. The molecule has 4 rings (SSSR count). The Kier molecular flexibility index (Phi) is 5.05. The third-order valence-electron chi connectivity index (χ3n) is 4.52. The average Bonchev–Trinajstić information content (AvgIpc) is 3.36. The highest BCUT2D eigenvalue weighted by Gasteiger charge is 2.20. The van der Waals surface area contributed by atoms with Gasteiger partial charge in [-0.1, -0.05) is 18.2 Å². The van der Waals surface area contributed by atoms with Crippen LogP contribution in [0.3, 0.4) is 0 Å². The lowest BCUT2D eigenvalue weighted by Crippen LogP contribution is -2.02. The fourth-order valence-corrected chi connectivity index (χ4v) is 3.06. The van der Waals surface area contributed by atoms with Gasteiger partial charge in [-0.15, -0.1) is 0 Å². The quantitative estimate of drug-likeness (QED) is 0.478. The smallest absolute Gasteiger partial charge is 0.145 e. The van der Waals surface area contributed by atoms with Gasteiger partial charge < -0.3 is 10.2 Å². The monoisotopic (exact) mass is 413 g/mol. The van der Waals surface area contributed by atoms with Gasteiger partial charge in [-0.3, -0.25) is 0 Å². The molecule has 4 aromatic rings. The van der Waals surface area contributed by atoms with Crippen LogP contribution in [-0.4, -0.2) is 9.78 Å². The number of anilines is 1. The van der Waals surface area contributed by atoms with Crippen molar-refractivity contribution in [2.45, 2.75) is 0 Å². The number of hydrogen-bond acceptors (Lipinski definition) is 5. The summed E-state index contributed by atoms with van der Waals surface area (Å²) in [6.45, 7) is 0. The van der Waals surface area contributed by atoms with Crippen LogP contribution in [0, 0.1) is 34.3 Å². The highest BCUT2D eigenvalue weighted by Crippen LogP contribution is 2.30. The number of para-hydroxylation sites is 1. The van der Waals surface area contributed by atoms with Gasteiger partial charge in [-0.05, 0) is 36.4 Å². The Bertz CT molecular complexity index is 1390. The zero-order valence-corrected chi connectivity index (χ0v) is 15.9. The van der Waals surface area contributed by atoms with Gasteiger partial charge in [0.2, 0.25) is 0 Å². The van der Waals surface area contributed by atoms with Crippen LogP contribution < -0.4 is 5.73 Å². The Labute approximate surface area is 175 Å². The Balaban J connectivity index is 1.76. The van der Waals surface area contributed by atoms with Crippen LogP contribution in [-0.2, 0) is 0 Å². The van der Waals surface area contributed by atoms with Gasteiger partial charge in [0.15, 0.2) is 0 Å². The summed E-state index contributed by atoms with van der Waals surface area (Å²) in [6, 6.07) is 19.1. The minimum absolute atomic E-state index is 0.0402. The maximum absolute atomic E-state index is 14.0. The Morgan fingerprint density at radius 1 is 1.06 bits per heavy atom. The summed E-state index contributed by atoms with van der Waals surface area (Å²) in [6.07, 6.45) is 1.38. The molecule has 0 aliphatic carbocycles. The van der Waals surface area contributed by atoms with Crippen molar-refractivity contribution in [3.05, 3.63) is 89.3 Å². The summed E-state index contributed by atoms with van der Waals surface area (Å²) in [7, 11) is 0. The number of nitriles is 2. The lowest BCUT2D eigenvalue weighted by Gasteiger charge is -2.02. The topological polar surface area (TPSA) is 105 Å². The van der Waals surface area contributed by atoms with E-state index in [-0.39, 0.29) is 39.7 Å². The molecule has 0 atom stereocenters. The van der Waals surface area contributed by atoms with Gasteiger partial charge in [-0.2, -0.15) is 15.6 Å². The molecular weight excluding hydrogens is 400 g/mol.